The average Bonchev–Trinajstić information content (AvgIpc) is 3.31. The number of carbonyl (C=O) groups excluding carboxylic acids is 1. The van der Waals surface area contributed by atoms with Gasteiger partial charge in [0, 0.05) is 42.2 Å². The highest BCUT2D eigenvalue weighted by molar-refractivity contribution is 6.03. The summed E-state index contributed by atoms with van der Waals surface area (Å²) in [6, 6.07) is 10.4. The summed E-state index contributed by atoms with van der Waals surface area (Å²) in [6.45, 7) is 4.36. The first kappa shape index (κ1) is 25.1. The van der Waals surface area contributed by atoms with E-state index in [0.29, 0.717) is 42.5 Å². The highest BCUT2D eigenvalue weighted by Crippen LogP contribution is 2.41. The van der Waals surface area contributed by atoms with E-state index in [0.717, 1.165) is 24.0 Å². The molecule has 7 nitrogen and oxygen atoms in total. The zero-order chi connectivity index (χ0) is 25.3. The Balaban J connectivity index is 1.43. The third-order valence-corrected chi connectivity index (χ3v) is 7.51. The smallest absolute Gasteiger partial charge is 0.269 e. The normalized spacial score (nSPS) is 23.7. The first-order valence-corrected chi connectivity index (χ1v) is 12.1. The highest BCUT2D eigenvalue weighted by atomic mass is 19.1. The van der Waals surface area contributed by atoms with Crippen LogP contribution in [0.15, 0.2) is 36.4 Å². The van der Waals surface area contributed by atoms with E-state index in [1.165, 1.54) is 19.2 Å². The van der Waals surface area contributed by atoms with Crippen molar-refractivity contribution in [2.24, 2.45) is 5.92 Å². The van der Waals surface area contributed by atoms with E-state index in [1.807, 2.05) is 6.07 Å². The van der Waals surface area contributed by atoms with Gasteiger partial charge in [0.15, 0.2) is 17.3 Å². The largest absolute Gasteiger partial charge is 0.493 e. The van der Waals surface area contributed by atoms with Crippen LogP contribution in [-0.4, -0.2) is 47.6 Å². The molecule has 1 heterocycles. The van der Waals surface area contributed by atoms with E-state index in [1.54, 1.807) is 32.2 Å². The number of Topliss-reactive ketones (excluding diaryl/α,β-unsaturated/α-hetero) is 1. The van der Waals surface area contributed by atoms with E-state index < -0.39 is 16.5 Å². The summed E-state index contributed by atoms with van der Waals surface area (Å²) in [5.74, 6) is 0.640. The second-order valence-electron chi connectivity index (χ2n) is 10.1. The van der Waals surface area contributed by atoms with Crippen molar-refractivity contribution < 1.29 is 23.6 Å². The number of fused-ring (bicyclic) bond motifs is 1. The molecule has 1 fully saturated rings. The van der Waals surface area contributed by atoms with Crippen LogP contribution in [0.5, 0.6) is 11.5 Å². The van der Waals surface area contributed by atoms with Crippen molar-refractivity contribution in [2.75, 3.05) is 14.2 Å². The van der Waals surface area contributed by atoms with Crippen LogP contribution < -0.4 is 9.47 Å². The number of carbonyl (C=O) groups is 1. The molecule has 2 aliphatic rings. The number of nitrogens with zero attached hydrogens (tertiary/aromatic N) is 2. The molecule has 1 aliphatic carbocycles. The van der Waals surface area contributed by atoms with Gasteiger partial charge in [-0.2, -0.15) is 0 Å². The maximum atomic E-state index is 16.0. The molecule has 0 spiro atoms. The Morgan fingerprint density at radius 2 is 1.77 bits per heavy atom. The fourth-order valence-electron chi connectivity index (χ4n) is 5.71. The number of hydrogen-bond donors (Lipinski definition) is 0. The Kier molecular flexibility index (Phi) is 7.12. The fraction of sp³-hybridized carbons (Fsp3) is 0.519. The highest BCUT2D eigenvalue weighted by Gasteiger charge is 2.41. The quantitative estimate of drug-likeness (QED) is 0.344. The number of halogens is 1. The predicted octanol–water partition coefficient (Wildman–Crippen LogP) is 5.53. The first-order valence-electron chi connectivity index (χ1n) is 12.1. The SMILES string of the molecule is COc1cc2c(cc1OC)C(=O)C(CC(C)(F)CC1CCC(C)N1Cc1ccc([N+](=O)[O-])cc1)C2. The fourth-order valence-corrected chi connectivity index (χ4v) is 5.71. The van der Waals surface area contributed by atoms with Crippen molar-refractivity contribution in [3.05, 3.63) is 63.2 Å². The Morgan fingerprint density at radius 3 is 2.40 bits per heavy atom. The lowest BCUT2D eigenvalue weighted by Gasteiger charge is -2.33. The van der Waals surface area contributed by atoms with Crippen molar-refractivity contribution in [2.45, 2.75) is 70.2 Å². The number of ketones is 1. The third kappa shape index (κ3) is 5.32. The number of alkyl halides is 1. The van der Waals surface area contributed by atoms with Gasteiger partial charge in [-0.05, 0) is 69.2 Å². The molecule has 8 heteroatoms. The summed E-state index contributed by atoms with van der Waals surface area (Å²) in [5.41, 5.74) is 1.01. The number of methoxy groups -OCH3 is 2. The standard InChI is InChI=1S/C27H33FN2O5/c1-17-5-8-22(29(17)16-18-6-9-21(10-7-18)30(32)33)15-27(2,28)14-20-11-19-12-24(34-3)25(35-4)13-23(19)26(20)31/h6-7,9-10,12-13,17,20,22H,5,8,11,14-16H2,1-4H3. The lowest BCUT2D eigenvalue weighted by atomic mass is 9.85. The number of benzene rings is 2. The minimum absolute atomic E-state index is 0.0349. The van der Waals surface area contributed by atoms with E-state index in [-0.39, 0.29) is 23.9 Å². The Morgan fingerprint density at radius 1 is 1.11 bits per heavy atom. The van der Waals surface area contributed by atoms with Crippen molar-refractivity contribution in [3.63, 3.8) is 0 Å². The van der Waals surface area contributed by atoms with Crippen molar-refractivity contribution >= 4 is 11.5 Å². The number of likely N-dealkylation sites (tertiary alicyclic amines) is 1. The summed E-state index contributed by atoms with van der Waals surface area (Å²) in [4.78, 5) is 25.9. The number of nitro groups is 1. The maximum Gasteiger partial charge on any atom is 0.269 e. The Labute approximate surface area is 205 Å². The van der Waals surface area contributed by atoms with Crippen molar-refractivity contribution in [1.29, 1.82) is 0 Å². The van der Waals surface area contributed by atoms with Crippen LogP contribution in [0.1, 0.15) is 61.0 Å². The van der Waals surface area contributed by atoms with Gasteiger partial charge in [-0.15, -0.1) is 0 Å². The molecule has 4 unspecified atom stereocenters. The number of ether oxygens (including phenoxy) is 2. The predicted molar refractivity (Wildman–Crippen MR) is 131 cm³/mol. The maximum absolute atomic E-state index is 16.0. The molecule has 35 heavy (non-hydrogen) atoms. The molecule has 188 valence electrons. The Hall–Kier alpha value is -3.00. The molecule has 4 atom stereocenters. The second kappa shape index (κ2) is 9.93. The monoisotopic (exact) mass is 484 g/mol. The molecule has 0 aromatic heterocycles. The van der Waals surface area contributed by atoms with Gasteiger partial charge in [-0.1, -0.05) is 12.1 Å². The van der Waals surface area contributed by atoms with E-state index in [2.05, 4.69) is 11.8 Å². The summed E-state index contributed by atoms with van der Waals surface area (Å²) >= 11 is 0. The minimum Gasteiger partial charge on any atom is -0.493 e. The van der Waals surface area contributed by atoms with E-state index in [9.17, 15) is 14.9 Å². The van der Waals surface area contributed by atoms with Crippen LogP contribution in [0.4, 0.5) is 10.1 Å². The average molecular weight is 485 g/mol. The van der Waals surface area contributed by atoms with Crippen LogP contribution in [0, 0.1) is 16.0 Å². The molecule has 0 radical (unpaired) electrons. The molecule has 1 saturated heterocycles. The summed E-state index contributed by atoms with van der Waals surface area (Å²) in [6.07, 6.45) is 2.88. The van der Waals surface area contributed by atoms with Crippen LogP contribution in [0.2, 0.25) is 0 Å². The summed E-state index contributed by atoms with van der Waals surface area (Å²) in [7, 11) is 3.09. The third-order valence-electron chi connectivity index (χ3n) is 7.51. The topological polar surface area (TPSA) is 81.9 Å². The molecule has 2 aromatic rings. The number of nitro benzene ring substituents is 1. The van der Waals surface area contributed by atoms with Gasteiger partial charge >= 0.3 is 0 Å². The minimum atomic E-state index is -1.50. The molecule has 0 saturated carbocycles. The van der Waals surface area contributed by atoms with Crippen LogP contribution >= 0.6 is 0 Å². The van der Waals surface area contributed by atoms with Gasteiger partial charge in [-0.25, -0.2) is 4.39 Å². The molecular weight excluding hydrogens is 451 g/mol. The second-order valence-corrected chi connectivity index (χ2v) is 10.1. The van der Waals surface area contributed by atoms with Gasteiger partial charge in [-0.3, -0.25) is 19.8 Å². The number of rotatable bonds is 9. The van der Waals surface area contributed by atoms with Gasteiger partial charge in [0.2, 0.25) is 0 Å². The molecular formula is C27H33FN2O5. The molecule has 1 aliphatic heterocycles. The first-order chi connectivity index (χ1) is 16.6. The lowest BCUT2D eigenvalue weighted by Crippen LogP contribution is -2.39. The van der Waals surface area contributed by atoms with Crippen molar-refractivity contribution in [3.8, 4) is 11.5 Å². The number of non-ortho nitro benzene ring substituents is 1. The number of hydrogen-bond acceptors (Lipinski definition) is 6. The lowest BCUT2D eigenvalue weighted by molar-refractivity contribution is -0.384. The molecule has 0 amide bonds. The van der Waals surface area contributed by atoms with Crippen LogP contribution in [0.25, 0.3) is 0 Å². The molecule has 0 N–H and O–H groups in total. The van der Waals surface area contributed by atoms with Gasteiger partial charge in [0.05, 0.1) is 19.1 Å². The summed E-state index contributed by atoms with van der Waals surface area (Å²) in [5, 5.41) is 10.9. The van der Waals surface area contributed by atoms with Crippen molar-refractivity contribution in [1.82, 2.24) is 4.90 Å². The molecule has 0 bridgehead atoms. The van der Waals surface area contributed by atoms with Crippen LogP contribution in [-0.2, 0) is 13.0 Å². The molecule has 2 aromatic carbocycles. The summed E-state index contributed by atoms with van der Waals surface area (Å²) < 4.78 is 26.7. The van der Waals surface area contributed by atoms with Crippen LogP contribution in [0.3, 0.4) is 0 Å². The Bertz CT molecular complexity index is 1100. The molecule has 4 rings (SSSR count). The zero-order valence-corrected chi connectivity index (χ0v) is 20.8. The van der Waals surface area contributed by atoms with Gasteiger partial charge < -0.3 is 9.47 Å². The zero-order valence-electron chi connectivity index (χ0n) is 20.8. The van der Waals surface area contributed by atoms with E-state index in [4.69, 9.17) is 9.47 Å². The van der Waals surface area contributed by atoms with Gasteiger partial charge in [0.1, 0.15) is 5.67 Å². The van der Waals surface area contributed by atoms with E-state index >= 15 is 4.39 Å². The van der Waals surface area contributed by atoms with Gasteiger partial charge in [0.25, 0.3) is 5.69 Å².